The molecule has 0 aliphatic rings. The van der Waals surface area contributed by atoms with E-state index >= 15 is 0 Å². The van der Waals surface area contributed by atoms with Crippen LogP contribution in [-0.2, 0) is 0 Å². The number of benzene rings is 1. The number of nitrogens with zero attached hydrogens (tertiary/aromatic N) is 2. The van der Waals surface area contributed by atoms with Crippen LogP contribution in [0.15, 0.2) is 47.9 Å². The zero-order valence-corrected chi connectivity index (χ0v) is 10.7. The number of hydrogen-bond donors (Lipinski definition) is 2. The van der Waals surface area contributed by atoms with E-state index in [2.05, 4.69) is 15.5 Å². The maximum absolute atomic E-state index is 13.0. The van der Waals surface area contributed by atoms with Gasteiger partial charge in [0.25, 0.3) is 5.91 Å². The van der Waals surface area contributed by atoms with Crippen LogP contribution in [0.2, 0.25) is 0 Å². The number of aromatic nitrogens is 1. The molecule has 0 atom stereocenters. The van der Waals surface area contributed by atoms with Gasteiger partial charge in [-0.05, 0) is 30.7 Å². The van der Waals surface area contributed by atoms with Crippen molar-refractivity contribution in [1.82, 2.24) is 4.98 Å². The van der Waals surface area contributed by atoms with Gasteiger partial charge in [0.2, 0.25) is 0 Å². The number of amides is 1. The second-order valence-corrected chi connectivity index (χ2v) is 4.11. The summed E-state index contributed by atoms with van der Waals surface area (Å²) < 4.78 is 13.0. The average molecular weight is 273 g/mol. The quantitative estimate of drug-likeness (QED) is 0.513. The summed E-state index contributed by atoms with van der Waals surface area (Å²) in [6.45, 7) is 1.66. The molecule has 1 amide bonds. The van der Waals surface area contributed by atoms with Crippen LogP contribution in [0.3, 0.4) is 0 Å². The van der Waals surface area contributed by atoms with Crippen molar-refractivity contribution in [3.63, 3.8) is 0 Å². The Labute approximate surface area is 114 Å². The van der Waals surface area contributed by atoms with E-state index in [1.165, 1.54) is 6.20 Å². The molecule has 0 fully saturated rings. The van der Waals surface area contributed by atoms with Gasteiger partial charge in [0, 0.05) is 11.9 Å². The standard InChI is InChI=1S/C14H12FN3O2/c1-9(18-20)10-2-4-13(5-3-10)17-14(19)11-6-12(15)8-16-7-11/h2-8,20H,1H3,(H,17,19)/b18-9-. The molecule has 0 bridgehead atoms. The molecule has 0 radical (unpaired) electrons. The number of halogens is 1. The summed E-state index contributed by atoms with van der Waals surface area (Å²) in [6.07, 6.45) is 2.32. The van der Waals surface area contributed by atoms with Crippen molar-refractivity contribution >= 4 is 17.3 Å². The van der Waals surface area contributed by atoms with E-state index in [1.807, 2.05) is 0 Å². The first-order valence-electron chi connectivity index (χ1n) is 5.81. The minimum atomic E-state index is -0.567. The summed E-state index contributed by atoms with van der Waals surface area (Å²) in [6, 6.07) is 7.84. The van der Waals surface area contributed by atoms with E-state index in [-0.39, 0.29) is 5.56 Å². The van der Waals surface area contributed by atoms with Crippen LogP contribution >= 0.6 is 0 Å². The minimum absolute atomic E-state index is 0.141. The highest BCUT2D eigenvalue weighted by Gasteiger charge is 2.08. The molecular formula is C14H12FN3O2. The molecule has 20 heavy (non-hydrogen) atoms. The maximum atomic E-state index is 13.0. The monoisotopic (exact) mass is 273 g/mol. The van der Waals surface area contributed by atoms with E-state index in [9.17, 15) is 9.18 Å². The molecule has 6 heteroatoms. The van der Waals surface area contributed by atoms with Crippen LogP contribution in [0.4, 0.5) is 10.1 Å². The number of rotatable bonds is 3. The van der Waals surface area contributed by atoms with Crippen LogP contribution in [0.25, 0.3) is 0 Å². The molecule has 1 aromatic carbocycles. The molecule has 0 unspecified atom stereocenters. The number of carbonyl (C=O) groups is 1. The highest BCUT2D eigenvalue weighted by molar-refractivity contribution is 6.04. The van der Waals surface area contributed by atoms with Crippen LogP contribution in [0.5, 0.6) is 0 Å². The molecule has 2 rings (SSSR count). The van der Waals surface area contributed by atoms with Crippen LogP contribution in [-0.4, -0.2) is 21.8 Å². The Morgan fingerprint density at radius 2 is 1.95 bits per heavy atom. The third-order valence-corrected chi connectivity index (χ3v) is 2.68. The molecule has 0 aliphatic heterocycles. The molecule has 0 spiro atoms. The lowest BCUT2D eigenvalue weighted by atomic mass is 10.1. The lowest BCUT2D eigenvalue weighted by Crippen LogP contribution is -2.12. The van der Waals surface area contributed by atoms with Crippen molar-refractivity contribution < 1.29 is 14.4 Å². The van der Waals surface area contributed by atoms with Crippen molar-refractivity contribution in [2.45, 2.75) is 6.92 Å². The van der Waals surface area contributed by atoms with E-state index in [0.29, 0.717) is 11.4 Å². The summed E-state index contributed by atoms with van der Waals surface area (Å²) in [5.74, 6) is -1.01. The Hall–Kier alpha value is -2.76. The van der Waals surface area contributed by atoms with E-state index in [4.69, 9.17) is 5.21 Å². The number of carbonyl (C=O) groups excluding carboxylic acids is 1. The molecule has 1 heterocycles. The first-order valence-corrected chi connectivity index (χ1v) is 5.81. The Morgan fingerprint density at radius 3 is 2.55 bits per heavy atom. The van der Waals surface area contributed by atoms with Crippen LogP contribution < -0.4 is 5.32 Å². The average Bonchev–Trinajstić information content (AvgIpc) is 2.47. The third-order valence-electron chi connectivity index (χ3n) is 2.68. The Balaban J connectivity index is 2.12. The smallest absolute Gasteiger partial charge is 0.257 e. The lowest BCUT2D eigenvalue weighted by Gasteiger charge is -2.06. The number of anilines is 1. The first kappa shape index (κ1) is 13.7. The van der Waals surface area contributed by atoms with Gasteiger partial charge in [-0.1, -0.05) is 17.3 Å². The summed E-state index contributed by atoms with van der Waals surface area (Å²) >= 11 is 0. The molecule has 0 saturated heterocycles. The largest absolute Gasteiger partial charge is 0.411 e. The van der Waals surface area contributed by atoms with Crippen molar-refractivity contribution in [2.75, 3.05) is 5.32 Å². The zero-order chi connectivity index (χ0) is 14.5. The fraction of sp³-hybridized carbons (Fsp3) is 0.0714. The van der Waals surface area contributed by atoms with Crippen LogP contribution in [0, 0.1) is 5.82 Å². The number of hydrogen-bond acceptors (Lipinski definition) is 4. The van der Waals surface area contributed by atoms with Gasteiger partial charge in [-0.25, -0.2) is 4.39 Å². The summed E-state index contributed by atoms with van der Waals surface area (Å²) in [5, 5.41) is 14.4. The highest BCUT2D eigenvalue weighted by Crippen LogP contribution is 2.12. The molecular weight excluding hydrogens is 261 g/mol. The summed E-state index contributed by atoms with van der Waals surface area (Å²) in [7, 11) is 0. The predicted molar refractivity (Wildman–Crippen MR) is 72.6 cm³/mol. The number of nitrogens with one attached hydrogen (secondary N) is 1. The normalized spacial score (nSPS) is 11.2. The molecule has 1 aromatic heterocycles. The SMILES string of the molecule is C/C(=N/O)c1ccc(NC(=O)c2cncc(F)c2)cc1. The van der Waals surface area contributed by atoms with Gasteiger partial charge in [0.15, 0.2) is 0 Å². The molecule has 102 valence electrons. The fourth-order valence-corrected chi connectivity index (χ4v) is 1.59. The van der Waals surface area contributed by atoms with Gasteiger partial charge >= 0.3 is 0 Å². The van der Waals surface area contributed by atoms with Crippen molar-refractivity contribution in [3.8, 4) is 0 Å². The Morgan fingerprint density at radius 1 is 1.25 bits per heavy atom. The Bertz CT molecular complexity index is 654. The molecule has 0 aliphatic carbocycles. The molecule has 0 saturated carbocycles. The highest BCUT2D eigenvalue weighted by atomic mass is 19.1. The molecule has 2 N–H and O–H groups in total. The van der Waals surface area contributed by atoms with Crippen molar-refractivity contribution in [3.05, 3.63) is 59.7 Å². The summed E-state index contributed by atoms with van der Waals surface area (Å²) in [4.78, 5) is 15.5. The van der Waals surface area contributed by atoms with E-state index in [0.717, 1.165) is 17.8 Å². The van der Waals surface area contributed by atoms with Gasteiger partial charge in [0.1, 0.15) is 5.82 Å². The first-order chi connectivity index (χ1) is 9.60. The third kappa shape index (κ3) is 3.17. The Kier molecular flexibility index (Phi) is 4.05. The topological polar surface area (TPSA) is 74.6 Å². The molecule has 2 aromatic rings. The van der Waals surface area contributed by atoms with Gasteiger partial charge < -0.3 is 10.5 Å². The second kappa shape index (κ2) is 5.92. The molecule has 5 nitrogen and oxygen atoms in total. The number of pyridine rings is 1. The summed E-state index contributed by atoms with van der Waals surface area (Å²) in [5.41, 5.74) is 1.89. The van der Waals surface area contributed by atoms with E-state index in [1.54, 1.807) is 31.2 Å². The zero-order valence-electron chi connectivity index (χ0n) is 10.7. The van der Waals surface area contributed by atoms with Gasteiger partial charge in [0.05, 0.1) is 17.5 Å². The van der Waals surface area contributed by atoms with Gasteiger partial charge in [-0.3, -0.25) is 9.78 Å². The maximum Gasteiger partial charge on any atom is 0.257 e. The lowest BCUT2D eigenvalue weighted by molar-refractivity contribution is 0.102. The fourth-order valence-electron chi connectivity index (χ4n) is 1.59. The van der Waals surface area contributed by atoms with Gasteiger partial charge in [-0.15, -0.1) is 0 Å². The minimum Gasteiger partial charge on any atom is -0.411 e. The van der Waals surface area contributed by atoms with E-state index < -0.39 is 11.7 Å². The van der Waals surface area contributed by atoms with Crippen LogP contribution in [0.1, 0.15) is 22.8 Å². The predicted octanol–water partition coefficient (Wildman–Crippen LogP) is 2.67. The second-order valence-electron chi connectivity index (χ2n) is 4.11. The van der Waals surface area contributed by atoms with Gasteiger partial charge in [-0.2, -0.15) is 0 Å². The number of oxime groups is 1. The van der Waals surface area contributed by atoms with Crippen molar-refractivity contribution in [1.29, 1.82) is 0 Å². The van der Waals surface area contributed by atoms with Crippen molar-refractivity contribution in [2.24, 2.45) is 5.16 Å².